The van der Waals surface area contributed by atoms with Crippen LogP contribution in [0.15, 0.2) is 24.3 Å². The zero-order chi connectivity index (χ0) is 10.5. The summed E-state index contributed by atoms with van der Waals surface area (Å²) >= 11 is 0. The first kappa shape index (κ1) is 10.7. The summed E-state index contributed by atoms with van der Waals surface area (Å²) in [5.74, 6) is 0.668. The monoisotopic (exact) mass is 206 g/mol. The molecule has 1 aliphatic heterocycles. The molecule has 1 saturated heterocycles. The molecule has 1 heterocycles. The van der Waals surface area contributed by atoms with Gasteiger partial charge in [0.15, 0.2) is 0 Å². The molecule has 2 heteroatoms. The molecule has 1 N–H and O–H groups in total. The lowest BCUT2D eigenvalue weighted by atomic mass is 9.91. The molecule has 2 rings (SSSR count). The third kappa shape index (κ3) is 2.80. The quantitative estimate of drug-likeness (QED) is 0.820. The lowest BCUT2D eigenvalue weighted by molar-refractivity contribution is 0.0853. The van der Waals surface area contributed by atoms with Gasteiger partial charge in [-0.15, -0.1) is 0 Å². The second-order valence-corrected chi connectivity index (χ2v) is 4.10. The molecule has 1 aliphatic rings. The molecule has 0 atom stereocenters. The second-order valence-electron chi connectivity index (χ2n) is 4.10. The van der Waals surface area contributed by atoms with Crippen molar-refractivity contribution in [3.63, 3.8) is 0 Å². The van der Waals surface area contributed by atoms with Crippen molar-refractivity contribution in [3.8, 4) is 0 Å². The van der Waals surface area contributed by atoms with E-state index in [1.165, 1.54) is 11.1 Å². The number of rotatable bonds is 3. The Labute approximate surface area is 90.9 Å². The van der Waals surface area contributed by atoms with E-state index in [1.54, 1.807) is 0 Å². The van der Waals surface area contributed by atoms with Crippen molar-refractivity contribution in [1.29, 1.82) is 0 Å². The summed E-state index contributed by atoms with van der Waals surface area (Å²) in [6.45, 7) is 2.02. The zero-order valence-corrected chi connectivity index (χ0v) is 8.98. The SMILES string of the molecule is OCCc1ccc(C2CCOCC2)cc1. The van der Waals surface area contributed by atoms with E-state index in [-0.39, 0.29) is 6.61 Å². The van der Waals surface area contributed by atoms with Gasteiger partial charge in [-0.1, -0.05) is 24.3 Å². The van der Waals surface area contributed by atoms with Crippen molar-refractivity contribution in [3.05, 3.63) is 35.4 Å². The van der Waals surface area contributed by atoms with Gasteiger partial charge in [0.1, 0.15) is 0 Å². The van der Waals surface area contributed by atoms with E-state index >= 15 is 0 Å². The third-order valence-corrected chi connectivity index (χ3v) is 3.07. The van der Waals surface area contributed by atoms with Crippen LogP contribution in [0.3, 0.4) is 0 Å². The summed E-state index contributed by atoms with van der Waals surface area (Å²) in [7, 11) is 0. The van der Waals surface area contributed by atoms with E-state index in [0.29, 0.717) is 5.92 Å². The average Bonchev–Trinajstić information content (AvgIpc) is 2.32. The van der Waals surface area contributed by atoms with E-state index in [1.807, 2.05) is 0 Å². The minimum atomic E-state index is 0.233. The number of ether oxygens (including phenoxy) is 1. The van der Waals surface area contributed by atoms with E-state index in [2.05, 4.69) is 24.3 Å². The number of aliphatic hydroxyl groups excluding tert-OH is 1. The summed E-state index contributed by atoms with van der Waals surface area (Å²) in [4.78, 5) is 0. The summed E-state index contributed by atoms with van der Waals surface area (Å²) in [5.41, 5.74) is 2.63. The molecule has 0 aliphatic carbocycles. The molecule has 1 aromatic carbocycles. The largest absolute Gasteiger partial charge is 0.396 e. The lowest BCUT2D eigenvalue weighted by Crippen LogP contribution is -2.13. The molecule has 82 valence electrons. The molecule has 0 unspecified atom stereocenters. The fourth-order valence-corrected chi connectivity index (χ4v) is 2.12. The Morgan fingerprint density at radius 2 is 1.80 bits per heavy atom. The average molecular weight is 206 g/mol. The van der Waals surface area contributed by atoms with Gasteiger partial charge < -0.3 is 9.84 Å². The molecular weight excluding hydrogens is 188 g/mol. The van der Waals surface area contributed by atoms with Crippen LogP contribution in [0, 0.1) is 0 Å². The van der Waals surface area contributed by atoms with E-state index in [4.69, 9.17) is 9.84 Å². The van der Waals surface area contributed by atoms with Crippen LogP contribution in [0.5, 0.6) is 0 Å². The first-order valence-electron chi connectivity index (χ1n) is 5.67. The molecule has 15 heavy (non-hydrogen) atoms. The smallest absolute Gasteiger partial charge is 0.0471 e. The Balaban J connectivity index is 2.02. The van der Waals surface area contributed by atoms with Crippen molar-refractivity contribution in [2.75, 3.05) is 19.8 Å². The third-order valence-electron chi connectivity index (χ3n) is 3.07. The molecule has 0 aromatic heterocycles. The van der Waals surface area contributed by atoms with Crippen LogP contribution in [0.1, 0.15) is 29.9 Å². The first-order valence-corrected chi connectivity index (χ1v) is 5.67. The number of hydrogen-bond acceptors (Lipinski definition) is 2. The number of aliphatic hydroxyl groups is 1. The van der Waals surface area contributed by atoms with Crippen LogP contribution in [-0.4, -0.2) is 24.9 Å². The maximum atomic E-state index is 8.82. The van der Waals surface area contributed by atoms with Crippen molar-refractivity contribution < 1.29 is 9.84 Å². The number of hydrogen-bond donors (Lipinski definition) is 1. The normalized spacial score (nSPS) is 17.9. The van der Waals surface area contributed by atoms with Crippen LogP contribution >= 0.6 is 0 Å². The zero-order valence-electron chi connectivity index (χ0n) is 8.98. The highest BCUT2D eigenvalue weighted by Crippen LogP contribution is 2.26. The van der Waals surface area contributed by atoms with Gasteiger partial charge in [-0.3, -0.25) is 0 Å². The van der Waals surface area contributed by atoms with Gasteiger partial charge in [0.2, 0.25) is 0 Å². The van der Waals surface area contributed by atoms with Gasteiger partial charge in [-0.2, -0.15) is 0 Å². The molecule has 0 amide bonds. The highest BCUT2D eigenvalue weighted by Gasteiger charge is 2.15. The molecule has 2 nitrogen and oxygen atoms in total. The van der Waals surface area contributed by atoms with Crippen molar-refractivity contribution in [2.24, 2.45) is 0 Å². The molecule has 1 fully saturated rings. The van der Waals surface area contributed by atoms with Crippen LogP contribution in [0.2, 0.25) is 0 Å². The van der Waals surface area contributed by atoms with E-state index < -0.39 is 0 Å². The van der Waals surface area contributed by atoms with Crippen LogP contribution in [-0.2, 0) is 11.2 Å². The van der Waals surface area contributed by atoms with E-state index in [9.17, 15) is 0 Å². The molecule has 0 spiro atoms. The van der Waals surface area contributed by atoms with Gasteiger partial charge in [0, 0.05) is 19.8 Å². The molecular formula is C13H18O2. The fourth-order valence-electron chi connectivity index (χ4n) is 2.12. The maximum Gasteiger partial charge on any atom is 0.0471 e. The van der Waals surface area contributed by atoms with Gasteiger partial charge in [-0.05, 0) is 36.3 Å². The predicted octanol–water partition coefficient (Wildman–Crippen LogP) is 2.12. The van der Waals surface area contributed by atoms with Gasteiger partial charge in [0.05, 0.1) is 0 Å². The standard InChI is InChI=1S/C13H18O2/c14-8-5-11-1-3-12(4-2-11)13-6-9-15-10-7-13/h1-4,13-14H,5-10H2. The lowest BCUT2D eigenvalue weighted by Gasteiger charge is -2.22. The second kappa shape index (κ2) is 5.29. The minimum Gasteiger partial charge on any atom is -0.396 e. The Kier molecular flexibility index (Phi) is 3.75. The topological polar surface area (TPSA) is 29.5 Å². The van der Waals surface area contributed by atoms with Crippen molar-refractivity contribution in [2.45, 2.75) is 25.2 Å². The van der Waals surface area contributed by atoms with Crippen molar-refractivity contribution in [1.82, 2.24) is 0 Å². The van der Waals surface area contributed by atoms with E-state index in [0.717, 1.165) is 32.5 Å². The van der Waals surface area contributed by atoms with Gasteiger partial charge >= 0.3 is 0 Å². The van der Waals surface area contributed by atoms with Crippen LogP contribution in [0.25, 0.3) is 0 Å². The van der Waals surface area contributed by atoms with Crippen LogP contribution in [0.4, 0.5) is 0 Å². The summed E-state index contributed by atoms with van der Waals surface area (Å²) in [6.07, 6.45) is 3.03. The summed E-state index contributed by atoms with van der Waals surface area (Å²) < 4.78 is 5.35. The van der Waals surface area contributed by atoms with Gasteiger partial charge in [-0.25, -0.2) is 0 Å². The first-order chi connectivity index (χ1) is 7.40. The molecule has 0 bridgehead atoms. The highest BCUT2D eigenvalue weighted by molar-refractivity contribution is 5.25. The van der Waals surface area contributed by atoms with Crippen LogP contribution < -0.4 is 0 Å². The Bertz CT molecular complexity index is 286. The minimum absolute atomic E-state index is 0.233. The number of benzene rings is 1. The highest BCUT2D eigenvalue weighted by atomic mass is 16.5. The molecule has 0 saturated carbocycles. The van der Waals surface area contributed by atoms with Crippen molar-refractivity contribution >= 4 is 0 Å². The molecule has 0 radical (unpaired) electrons. The molecule has 1 aromatic rings. The summed E-state index contributed by atoms with van der Waals surface area (Å²) in [6, 6.07) is 8.64. The van der Waals surface area contributed by atoms with Gasteiger partial charge in [0.25, 0.3) is 0 Å². The maximum absolute atomic E-state index is 8.82. The Morgan fingerprint density at radius 1 is 1.13 bits per heavy atom. The predicted molar refractivity (Wildman–Crippen MR) is 60.0 cm³/mol. The Morgan fingerprint density at radius 3 is 2.40 bits per heavy atom. The Hall–Kier alpha value is -0.860. The summed E-state index contributed by atoms with van der Waals surface area (Å²) in [5, 5.41) is 8.82. The fraction of sp³-hybridized carbons (Fsp3) is 0.538.